The van der Waals surface area contributed by atoms with Crippen molar-refractivity contribution in [2.45, 2.75) is 0 Å². The normalized spacial score (nSPS) is 7.29. The maximum Gasteiger partial charge on any atom is 0.133 e. The highest BCUT2D eigenvalue weighted by atomic mass is 32.2. The number of thiocyanates is 1. The highest BCUT2D eigenvalue weighted by Crippen LogP contribution is 1.91. The number of amidine groups is 1. The van der Waals surface area contributed by atoms with Crippen molar-refractivity contribution < 1.29 is 0 Å². The summed E-state index contributed by atoms with van der Waals surface area (Å²) in [6.45, 7) is 0. The predicted octanol–water partition coefficient (Wildman–Crippen LogP) is 0.137. The minimum Gasteiger partial charge on any atom is -0.387 e. The summed E-state index contributed by atoms with van der Waals surface area (Å²) in [7, 11) is 0. The molecule has 0 rings (SSSR count). The third kappa shape index (κ3) is 5.31. The van der Waals surface area contributed by atoms with Crippen LogP contribution in [0.2, 0.25) is 0 Å². The van der Waals surface area contributed by atoms with Gasteiger partial charge in [-0.05, 0) is 11.8 Å². The lowest BCUT2D eigenvalue weighted by molar-refractivity contribution is 1.43. The van der Waals surface area contributed by atoms with Crippen LogP contribution in [0.4, 0.5) is 0 Å². The first-order valence-corrected chi connectivity index (χ1v) is 2.59. The van der Waals surface area contributed by atoms with Gasteiger partial charge in [-0.2, -0.15) is 5.26 Å². The zero-order chi connectivity index (χ0) is 5.70. The summed E-state index contributed by atoms with van der Waals surface area (Å²) in [5, 5.41) is 16.3. The van der Waals surface area contributed by atoms with Crippen molar-refractivity contribution in [2.24, 2.45) is 5.73 Å². The van der Waals surface area contributed by atoms with E-state index in [4.69, 9.17) is 16.4 Å². The Kier molecular flexibility index (Phi) is 3.15. The molecular formula is C3H5N3S. The van der Waals surface area contributed by atoms with Gasteiger partial charge in [-0.15, -0.1) is 0 Å². The van der Waals surface area contributed by atoms with Crippen LogP contribution in [0.5, 0.6) is 0 Å². The van der Waals surface area contributed by atoms with E-state index in [0.29, 0.717) is 5.75 Å². The standard InChI is InChI=1S/C3H5N3S/c4-2-7-1-3(5)6/h1H2,(H3,5,6). The van der Waals surface area contributed by atoms with Crippen molar-refractivity contribution in [1.29, 1.82) is 10.7 Å². The monoisotopic (exact) mass is 115 g/mol. The highest BCUT2D eigenvalue weighted by molar-refractivity contribution is 8.04. The second-order valence-electron chi connectivity index (χ2n) is 0.905. The molecule has 0 spiro atoms. The zero-order valence-electron chi connectivity index (χ0n) is 3.64. The molecule has 0 aromatic carbocycles. The average molecular weight is 115 g/mol. The molecule has 0 bridgehead atoms. The van der Waals surface area contributed by atoms with E-state index in [2.05, 4.69) is 0 Å². The number of nitrogens with zero attached hydrogens (tertiary/aromatic N) is 1. The van der Waals surface area contributed by atoms with Crippen LogP contribution >= 0.6 is 11.8 Å². The van der Waals surface area contributed by atoms with Crippen LogP contribution in [0.1, 0.15) is 0 Å². The Labute approximate surface area is 46.0 Å². The van der Waals surface area contributed by atoms with Gasteiger partial charge in [0.2, 0.25) is 0 Å². The molecule has 0 fully saturated rings. The summed E-state index contributed by atoms with van der Waals surface area (Å²) in [6, 6.07) is 0. The maximum atomic E-state index is 7.88. The zero-order valence-corrected chi connectivity index (χ0v) is 4.46. The molecule has 0 unspecified atom stereocenters. The first-order valence-electron chi connectivity index (χ1n) is 1.61. The Morgan fingerprint density at radius 1 is 2.00 bits per heavy atom. The molecule has 0 saturated carbocycles. The molecule has 0 atom stereocenters. The lowest BCUT2D eigenvalue weighted by Crippen LogP contribution is -2.11. The van der Waals surface area contributed by atoms with E-state index in [0.717, 1.165) is 11.8 Å². The van der Waals surface area contributed by atoms with Gasteiger partial charge in [-0.3, -0.25) is 5.41 Å². The summed E-state index contributed by atoms with van der Waals surface area (Å²) in [5.41, 5.74) is 4.89. The molecule has 0 aliphatic carbocycles. The highest BCUT2D eigenvalue weighted by Gasteiger charge is 1.84. The van der Waals surface area contributed by atoms with Gasteiger partial charge in [0.05, 0.1) is 5.75 Å². The number of nitrogens with one attached hydrogen (secondary N) is 1. The Morgan fingerprint density at radius 2 is 2.57 bits per heavy atom. The molecule has 38 valence electrons. The van der Waals surface area contributed by atoms with Gasteiger partial charge in [0.1, 0.15) is 11.2 Å². The number of nitrogens with two attached hydrogens (primary N) is 1. The quantitative estimate of drug-likeness (QED) is 0.305. The van der Waals surface area contributed by atoms with Crippen LogP contribution < -0.4 is 5.73 Å². The van der Waals surface area contributed by atoms with Gasteiger partial charge in [0, 0.05) is 0 Å². The Hall–Kier alpha value is -0.690. The number of rotatable bonds is 2. The fourth-order valence-electron chi connectivity index (χ4n) is 0.110. The van der Waals surface area contributed by atoms with Crippen LogP contribution in [-0.4, -0.2) is 11.6 Å². The van der Waals surface area contributed by atoms with E-state index in [-0.39, 0.29) is 5.84 Å². The van der Waals surface area contributed by atoms with E-state index >= 15 is 0 Å². The van der Waals surface area contributed by atoms with Crippen LogP contribution in [0.15, 0.2) is 0 Å². The predicted molar refractivity (Wildman–Crippen MR) is 30.0 cm³/mol. The second-order valence-corrected chi connectivity index (χ2v) is 1.67. The Morgan fingerprint density at radius 3 is 2.71 bits per heavy atom. The number of hydrogen-bond acceptors (Lipinski definition) is 3. The van der Waals surface area contributed by atoms with Crippen molar-refractivity contribution in [3.8, 4) is 5.40 Å². The van der Waals surface area contributed by atoms with Crippen molar-refractivity contribution in [1.82, 2.24) is 0 Å². The van der Waals surface area contributed by atoms with E-state index < -0.39 is 0 Å². The van der Waals surface area contributed by atoms with Crippen molar-refractivity contribution in [3.05, 3.63) is 0 Å². The SMILES string of the molecule is N#CSCC(=N)N. The number of thioether (sulfide) groups is 1. The molecule has 0 aliphatic rings. The fourth-order valence-corrected chi connectivity index (χ4v) is 0.330. The molecule has 0 amide bonds. The van der Waals surface area contributed by atoms with Crippen LogP contribution in [0.3, 0.4) is 0 Å². The summed E-state index contributed by atoms with van der Waals surface area (Å²) in [4.78, 5) is 0. The molecule has 7 heavy (non-hydrogen) atoms. The Balaban J connectivity index is 3.02. The average Bonchev–Trinajstić information content (AvgIpc) is 1.61. The molecule has 0 heterocycles. The minimum atomic E-state index is 0.0477. The van der Waals surface area contributed by atoms with Crippen molar-refractivity contribution >= 4 is 17.6 Å². The molecule has 0 aromatic rings. The van der Waals surface area contributed by atoms with E-state index in [1.807, 2.05) is 0 Å². The molecule has 0 saturated heterocycles. The maximum absolute atomic E-state index is 7.88. The topological polar surface area (TPSA) is 73.7 Å². The van der Waals surface area contributed by atoms with Gasteiger partial charge in [0.25, 0.3) is 0 Å². The summed E-state index contributed by atoms with van der Waals surface area (Å²) < 4.78 is 0. The third-order valence-corrected chi connectivity index (χ3v) is 0.877. The molecule has 3 nitrogen and oxygen atoms in total. The van der Waals surface area contributed by atoms with Crippen molar-refractivity contribution in [2.75, 3.05) is 5.75 Å². The minimum absolute atomic E-state index is 0.0477. The molecule has 0 aromatic heterocycles. The van der Waals surface area contributed by atoms with Crippen LogP contribution in [0, 0.1) is 16.1 Å². The molecule has 3 N–H and O–H groups in total. The fraction of sp³-hybridized carbons (Fsp3) is 0.333. The molecule has 0 radical (unpaired) electrons. The largest absolute Gasteiger partial charge is 0.387 e. The second kappa shape index (κ2) is 3.50. The summed E-state index contributed by atoms with van der Waals surface area (Å²) in [5.74, 6) is 0.364. The first-order chi connectivity index (χ1) is 3.27. The molecular weight excluding hydrogens is 110 g/mol. The van der Waals surface area contributed by atoms with Gasteiger partial charge in [-0.1, -0.05) is 0 Å². The number of nitriles is 1. The lowest BCUT2D eigenvalue weighted by atomic mass is 10.7. The molecule has 0 aliphatic heterocycles. The third-order valence-electron chi connectivity index (χ3n) is 0.292. The van der Waals surface area contributed by atoms with Crippen molar-refractivity contribution in [3.63, 3.8) is 0 Å². The van der Waals surface area contributed by atoms with Crippen LogP contribution in [-0.2, 0) is 0 Å². The Bertz CT molecular complexity index is 103. The smallest absolute Gasteiger partial charge is 0.133 e. The van der Waals surface area contributed by atoms with Gasteiger partial charge in [-0.25, -0.2) is 0 Å². The number of hydrogen-bond donors (Lipinski definition) is 2. The van der Waals surface area contributed by atoms with Gasteiger partial charge >= 0.3 is 0 Å². The van der Waals surface area contributed by atoms with Crippen LogP contribution in [0.25, 0.3) is 0 Å². The summed E-state index contributed by atoms with van der Waals surface area (Å²) in [6.07, 6.45) is 0. The van der Waals surface area contributed by atoms with E-state index in [1.165, 1.54) is 0 Å². The summed E-state index contributed by atoms with van der Waals surface area (Å²) >= 11 is 0.972. The van der Waals surface area contributed by atoms with Gasteiger partial charge in [0.15, 0.2) is 0 Å². The van der Waals surface area contributed by atoms with E-state index in [1.54, 1.807) is 5.40 Å². The van der Waals surface area contributed by atoms with Gasteiger partial charge < -0.3 is 5.73 Å². The molecule has 4 heteroatoms. The first kappa shape index (κ1) is 6.31. The van der Waals surface area contributed by atoms with E-state index in [9.17, 15) is 0 Å². The lowest BCUT2D eigenvalue weighted by Gasteiger charge is -1.83.